The zero-order valence-electron chi connectivity index (χ0n) is 17.2. The lowest BCUT2D eigenvalue weighted by molar-refractivity contribution is -0.274. The van der Waals surface area contributed by atoms with E-state index < -0.39 is 12.3 Å². The highest BCUT2D eigenvalue weighted by Gasteiger charge is 2.30. The molecule has 7 nitrogen and oxygen atoms in total. The summed E-state index contributed by atoms with van der Waals surface area (Å²) in [6, 6.07) is 14.7. The minimum Gasteiger partial charge on any atom is -0.457 e. The third kappa shape index (κ3) is 7.39. The van der Waals surface area contributed by atoms with Crippen molar-refractivity contribution in [3.05, 3.63) is 84.2 Å². The van der Waals surface area contributed by atoms with E-state index in [-0.39, 0.29) is 17.4 Å². The highest BCUT2D eigenvalue weighted by molar-refractivity contribution is 6.01. The van der Waals surface area contributed by atoms with Crippen molar-refractivity contribution in [2.45, 2.75) is 6.36 Å². The molecular formula is C23H18F3N3O4. The van der Waals surface area contributed by atoms with Crippen LogP contribution in [0.2, 0.25) is 0 Å². The Labute approximate surface area is 186 Å². The highest BCUT2D eigenvalue weighted by atomic mass is 19.4. The van der Waals surface area contributed by atoms with Gasteiger partial charge in [0.2, 0.25) is 5.91 Å². The fraction of sp³-hybridized carbons (Fsp3) is 0.0870. The zero-order valence-corrected chi connectivity index (χ0v) is 17.2. The first-order chi connectivity index (χ1) is 15.7. The molecular weight excluding hydrogens is 439 g/mol. The van der Waals surface area contributed by atoms with Crippen LogP contribution in [0.4, 0.5) is 18.9 Å². The molecule has 3 aromatic rings. The molecule has 0 aliphatic heterocycles. The number of pyridine rings is 1. The number of nitrogens with zero attached hydrogens (tertiary/aromatic N) is 1. The van der Waals surface area contributed by atoms with E-state index in [4.69, 9.17) is 4.74 Å². The van der Waals surface area contributed by atoms with E-state index in [9.17, 15) is 22.8 Å². The molecule has 1 heterocycles. The lowest BCUT2D eigenvalue weighted by Crippen LogP contribution is -2.18. The van der Waals surface area contributed by atoms with E-state index in [0.717, 1.165) is 12.1 Å². The van der Waals surface area contributed by atoms with Gasteiger partial charge in [0.15, 0.2) is 0 Å². The predicted molar refractivity (Wildman–Crippen MR) is 115 cm³/mol. The molecule has 0 bridgehead atoms. The fourth-order valence-corrected chi connectivity index (χ4v) is 2.61. The quantitative estimate of drug-likeness (QED) is 0.499. The van der Waals surface area contributed by atoms with Crippen LogP contribution in [0, 0.1) is 0 Å². The Bertz CT molecular complexity index is 1140. The number of rotatable bonds is 7. The summed E-state index contributed by atoms with van der Waals surface area (Å²) in [6.45, 7) is 0. The van der Waals surface area contributed by atoms with Gasteiger partial charge in [-0.1, -0.05) is 12.1 Å². The number of amides is 2. The lowest BCUT2D eigenvalue weighted by Gasteiger charge is -2.08. The van der Waals surface area contributed by atoms with Gasteiger partial charge in [-0.05, 0) is 54.1 Å². The van der Waals surface area contributed by atoms with Crippen molar-refractivity contribution in [1.29, 1.82) is 0 Å². The van der Waals surface area contributed by atoms with E-state index in [2.05, 4.69) is 20.4 Å². The molecule has 0 aliphatic carbocycles. The van der Waals surface area contributed by atoms with Crippen LogP contribution in [0.3, 0.4) is 0 Å². The first-order valence-electron chi connectivity index (χ1n) is 9.53. The van der Waals surface area contributed by atoms with Crippen LogP contribution in [0.1, 0.15) is 16.1 Å². The third-order valence-corrected chi connectivity index (χ3v) is 4.09. The molecule has 0 spiro atoms. The Hall–Kier alpha value is -4.34. The fourth-order valence-electron chi connectivity index (χ4n) is 2.61. The second-order valence-corrected chi connectivity index (χ2v) is 6.52. The van der Waals surface area contributed by atoms with Crippen LogP contribution < -0.4 is 20.1 Å². The van der Waals surface area contributed by atoms with Crippen LogP contribution in [0.15, 0.2) is 72.9 Å². The van der Waals surface area contributed by atoms with E-state index in [1.54, 1.807) is 30.3 Å². The maximum Gasteiger partial charge on any atom is 0.573 e. The SMILES string of the molecule is CNC(=O)c1cc(Oc2ccc(NC(=O)C=Cc3ccc(OC(F)(F)F)cc3)cc2)ccn1. The van der Waals surface area contributed by atoms with Gasteiger partial charge in [0, 0.05) is 31.1 Å². The Morgan fingerprint density at radius 2 is 1.61 bits per heavy atom. The van der Waals surface area contributed by atoms with Crippen molar-refractivity contribution in [3.63, 3.8) is 0 Å². The number of carbonyl (C=O) groups is 2. The predicted octanol–water partition coefficient (Wildman–Crippen LogP) is 4.78. The zero-order chi connectivity index (χ0) is 23.8. The molecule has 2 N–H and O–H groups in total. The minimum absolute atomic E-state index is 0.216. The van der Waals surface area contributed by atoms with Gasteiger partial charge in [-0.15, -0.1) is 13.2 Å². The molecule has 170 valence electrons. The normalized spacial score (nSPS) is 11.2. The van der Waals surface area contributed by atoms with Gasteiger partial charge in [0.05, 0.1) is 0 Å². The van der Waals surface area contributed by atoms with E-state index in [1.165, 1.54) is 43.6 Å². The first-order valence-corrected chi connectivity index (χ1v) is 9.53. The number of hydrogen-bond donors (Lipinski definition) is 2. The topological polar surface area (TPSA) is 89.6 Å². The third-order valence-electron chi connectivity index (χ3n) is 4.09. The molecule has 10 heteroatoms. The maximum atomic E-state index is 12.2. The number of aromatic nitrogens is 1. The van der Waals surface area contributed by atoms with E-state index >= 15 is 0 Å². The van der Waals surface area contributed by atoms with Crippen molar-refractivity contribution in [3.8, 4) is 17.2 Å². The summed E-state index contributed by atoms with van der Waals surface area (Å²) in [5, 5.41) is 5.14. The van der Waals surface area contributed by atoms with Crippen LogP contribution in [0.25, 0.3) is 6.08 Å². The molecule has 2 aromatic carbocycles. The summed E-state index contributed by atoms with van der Waals surface area (Å²) in [7, 11) is 1.50. The average Bonchev–Trinajstić information content (AvgIpc) is 2.78. The van der Waals surface area contributed by atoms with Gasteiger partial charge < -0.3 is 20.1 Å². The van der Waals surface area contributed by atoms with Gasteiger partial charge >= 0.3 is 6.36 Å². The van der Waals surface area contributed by atoms with Crippen molar-refractivity contribution < 1.29 is 32.2 Å². The molecule has 0 fully saturated rings. The van der Waals surface area contributed by atoms with Crippen molar-refractivity contribution in [2.75, 3.05) is 12.4 Å². The van der Waals surface area contributed by atoms with Gasteiger partial charge in [0.1, 0.15) is 22.9 Å². The Morgan fingerprint density at radius 1 is 0.939 bits per heavy atom. The summed E-state index contributed by atoms with van der Waals surface area (Å²) < 4.78 is 46.0. The summed E-state index contributed by atoms with van der Waals surface area (Å²) >= 11 is 0. The summed E-state index contributed by atoms with van der Waals surface area (Å²) in [4.78, 5) is 27.7. The standard InChI is InChI=1S/C23H18F3N3O4/c1-27-22(31)20-14-19(12-13-28-20)32-17-9-5-16(6-10-17)29-21(30)11-4-15-2-7-18(8-3-15)33-23(24,25)26/h2-14H,1H3,(H,27,31)(H,29,30). The Kier molecular flexibility index (Phi) is 7.29. The highest BCUT2D eigenvalue weighted by Crippen LogP contribution is 2.24. The van der Waals surface area contributed by atoms with Crippen molar-refractivity contribution in [2.24, 2.45) is 0 Å². The number of halogens is 3. The minimum atomic E-state index is -4.76. The van der Waals surface area contributed by atoms with Gasteiger partial charge in [-0.2, -0.15) is 0 Å². The van der Waals surface area contributed by atoms with Crippen molar-refractivity contribution in [1.82, 2.24) is 10.3 Å². The van der Waals surface area contributed by atoms with Gasteiger partial charge in [-0.3, -0.25) is 14.6 Å². The second kappa shape index (κ2) is 10.3. The summed E-state index contributed by atoms with van der Waals surface area (Å²) in [5.41, 5.74) is 1.25. The van der Waals surface area contributed by atoms with Gasteiger partial charge in [-0.25, -0.2) is 0 Å². The van der Waals surface area contributed by atoms with Gasteiger partial charge in [0.25, 0.3) is 5.91 Å². The van der Waals surface area contributed by atoms with Crippen LogP contribution >= 0.6 is 0 Å². The number of nitrogens with one attached hydrogen (secondary N) is 2. The molecule has 33 heavy (non-hydrogen) atoms. The lowest BCUT2D eigenvalue weighted by atomic mass is 10.2. The van der Waals surface area contributed by atoms with Crippen molar-refractivity contribution >= 4 is 23.6 Å². The largest absolute Gasteiger partial charge is 0.573 e. The molecule has 0 aliphatic rings. The second-order valence-electron chi connectivity index (χ2n) is 6.52. The van der Waals surface area contributed by atoms with E-state index in [1.807, 2.05) is 0 Å². The first kappa shape index (κ1) is 23.3. The number of carbonyl (C=O) groups excluding carboxylic acids is 2. The molecule has 3 rings (SSSR count). The monoisotopic (exact) mass is 457 g/mol. The molecule has 0 radical (unpaired) electrons. The maximum absolute atomic E-state index is 12.2. The Morgan fingerprint density at radius 3 is 2.24 bits per heavy atom. The molecule has 1 aromatic heterocycles. The number of hydrogen-bond acceptors (Lipinski definition) is 5. The molecule has 0 atom stereocenters. The Balaban J connectivity index is 1.55. The number of anilines is 1. The van der Waals surface area contributed by atoms with Crippen LogP contribution in [-0.4, -0.2) is 30.2 Å². The smallest absolute Gasteiger partial charge is 0.457 e. The molecule has 0 saturated carbocycles. The number of ether oxygens (including phenoxy) is 2. The number of benzene rings is 2. The average molecular weight is 457 g/mol. The molecule has 0 saturated heterocycles. The van der Waals surface area contributed by atoms with Crippen LogP contribution in [0.5, 0.6) is 17.2 Å². The number of alkyl halides is 3. The molecule has 2 amide bonds. The molecule has 0 unspecified atom stereocenters. The van der Waals surface area contributed by atoms with Crippen LogP contribution in [-0.2, 0) is 4.79 Å². The summed E-state index contributed by atoms with van der Waals surface area (Å²) in [6.07, 6.45) is -0.596. The van der Waals surface area contributed by atoms with E-state index in [0.29, 0.717) is 22.7 Å². The summed E-state index contributed by atoms with van der Waals surface area (Å²) in [5.74, 6) is -0.197.